The second-order valence-corrected chi connectivity index (χ2v) is 4.56. The smallest absolute Gasteiger partial charge is 0.248 e. The zero-order valence-corrected chi connectivity index (χ0v) is 10.4. The molecule has 4 nitrogen and oxygen atoms in total. The number of carbonyl (C=O) groups is 1. The van der Waals surface area contributed by atoms with Gasteiger partial charge >= 0.3 is 0 Å². The molecule has 3 unspecified atom stereocenters. The summed E-state index contributed by atoms with van der Waals surface area (Å²) in [5.74, 6) is 1.10. The summed E-state index contributed by atoms with van der Waals surface area (Å²) in [6.45, 7) is 5.77. The van der Waals surface area contributed by atoms with Crippen molar-refractivity contribution in [1.29, 1.82) is 0 Å². The molecule has 94 valence electrons. The molecular weight excluding hydrogens is 204 g/mol. The molecule has 0 aromatic rings. The van der Waals surface area contributed by atoms with Gasteiger partial charge in [0.15, 0.2) is 0 Å². The molecule has 1 fully saturated rings. The van der Waals surface area contributed by atoms with Crippen molar-refractivity contribution >= 4 is 5.91 Å². The van der Waals surface area contributed by atoms with Gasteiger partial charge in [0, 0.05) is 6.54 Å². The minimum atomic E-state index is -0.348. The van der Waals surface area contributed by atoms with Gasteiger partial charge in [-0.2, -0.15) is 0 Å². The Hall–Kier alpha value is -0.610. The fourth-order valence-corrected chi connectivity index (χ4v) is 2.30. The zero-order valence-electron chi connectivity index (χ0n) is 10.4. The predicted molar refractivity (Wildman–Crippen MR) is 64.0 cm³/mol. The lowest BCUT2D eigenvalue weighted by molar-refractivity contribution is -0.132. The van der Waals surface area contributed by atoms with Crippen molar-refractivity contribution in [2.24, 2.45) is 17.6 Å². The molecule has 0 bridgehead atoms. The van der Waals surface area contributed by atoms with Crippen molar-refractivity contribution < 1.29 is 9.53 Å². The topological polar surface area (TPSA) is 64.3 Å². The highest BCUT2D eigenvalue weighted by Crippen LogP contribution is 2.31. The van der Waals surface area contributed by atoms with Crippen LogP contribution in [0.15, 0.2) is 0 Å². The van der Waals surface area contributed by atoms with Gasteiger partial charge < -0.3 is 15.8 Å². The third-order valence-electron chi connectivity index (χ3n) is 3.40. The van der Waals surface area contributed by atoms with Gasteiger partial charge in [-0.15, -0.1) is 0 Å². The van der Waals surface area contributed by atoms with Crippen LogP contribution in [0, 0.1) is 11.8 Å². The molecule has 1 aliphatic carbocycles. The highest BCUT2D eigenvalue weighted by molar-refractivity contribution is 5.80. The van der Waals surface area contributed by atoms with E-state index < -0.39 is 0 Å². The maximum atomic E-state index is 11.4. The molecule has 1 aliphatic rings. The number of nitrogens with two attached hydrogens (primary N) is 1. The Morgan fingerprint density at radius 1 is 1.50 bits per heavy atom. The van der Waals surface area contributed by atoms with E-state index in [0.717, 1.165) is 6.54 Å². The van der Waals surface area contributed by atoms with Gasteiger partial charge in [-0.1, -0.05) is 6.42 Å². The first-order valence-corrected chi connectivity index (χ1v) is 6.28. The van der Waals surface area contributed by atoms with Gasteiger partial charge in [-0.25, -0.2) is 0 Å². The lowest BCUT2D eigenvalue weighted by Crippen LogP contribution is -2.35. The van der Waals surface area contributed by atoms with E-state index in [1.54, 1.807) is 6.92 Å². The zero-order chi connectivity index (χ0) is 12.0. The molecule has 0 aromatic carbocycles. The Bertz CT molecular complexity index is 221. The second-order valence-electron chi connectivity index (χ2n) is 4.56. The van der Waals surface area contributed by atoms with Crippen LogP contribution >= 0.6 is 0 Å². The molecule has 16 heavy (non-hydrogen) atoms. The molecule has 0 heterocycles. The lowest BCUT2D eigenvalue weighted by atomic mass is 9.97. The molecule has 0 saturated heterocycles. The third-order valence-corrected chi connectivity index (χ3v) is 3.40. The normalized spacial score (nSPS) is 26.7. The van der Waals surface area contributed by atoms with Crippen molar-refractivity contribution in [2.45, 2.75) is 39.2 Å². The Balaban J connectivity index is 2.25. The van der Waals surface area contributed by atoms with Crippen LogP contribution < -0.4 is 11.1 Å². The maximum Gasteiger partial charge on any atom is 0.248 e. The Labute approximate surface area is 97.9 Å². The molecule has 1 amide bonds. The summed E-state index contributed by atoms with van der Waals surface area (Å²) in [5.41, 5.74) is 5.70. The first-order chi connectivity index (χ1) is 7.69. The Kier molecular flexibility index (Phi) is 5.77. The van der Waals surface area contributed by atoms with E-state index in [1.165, 1.54) is 19.3 Å². The summed E-state index contributed by atoms with van der Waals surface area (Å²) in [6.07, 6.45) is 3.29. The summed E-state index contributed by atoms with van der Waals surface area (Å²) in [6, 6.07) is 0. The van der Waals surface area contributed by atoms with Crippen LogP contribution in [0.2, 0.25) is 0 Å². The van der Waals surface area contributed by atoms with Gasteiger partial charge in [0.2, 0.25) is 5.91 Å². The van der Waals surface area contributed by atoms with E-state index in [1.807, 2.05) is 6.92 Å². The summed E-state index contributed by atoms with van der Waals surface area (Å²) in [5, 5.41) is 2.76. The Morgan fingerprint density at radius 2 is 2.19 bits per heavy atom. The van der Waals surface area contributed by atoms with E-state index in [4.69, 9.17) is 10.5 Å². The summed E-state index contributed by atoms with van der Waals surface area (Å²) in [4.78, 5) is 11.4. The summed E-state index contributed by atoms with van der Waals surface area (Å²) < 4.78 is 5.60. The van der Waals surface area contributed by atoms with E-state index in [9.17, 15) is 4.79 Å². The Morgan fingerprint density at radius 3 is 2.81 bits per heavy atom. The second kappa shape index (κ2) is 6.86. The average Bonchev–Trinajstić information content (AvgIpc) is 2.73. The monoisotopic (exact) mass is 228 g/mol. The first kappa shape index (κ1) is 13.5. The average molecular weight is 228 g/mol. The summed E-state index contributed by atoms with van der Waals surface area (Å²) >= 11 is 0. The van der Waals surface area contributed by atoms with Crippen molar-refractivity contribution in [3.05, 3.63) is 0 Å². The number of hydrogen-bond donors (Lipinski definition) is 2. The maximum absolute atomic E-state index is 11.4. The van der Waals surface area contributed by atoms with Crippen LogP contribution in [0.25, 0.3) is 0 Å². The molecule has 0 spiro atoms. The fourth-order valence-electron chi connectivity index (χ4n) is 2.30. The molecule has 3 N–H and O–H groups in total. The fraction of sp³-hybridized carbons (Fsp3) is 0.917. The predicted octanol–water partition coefficient (Wildman–Crippen LogP) is 0.903. The highest BCUT2D eigenvalue weighted by atomic mass is 16.5. The van der Waals surface area contributed by atoms with Crippen LogP contribution in [0.5, 0.6) is 0 Å². The van der Waals surface area contributed by atoms with E-state index in [2.05, 4.69) is 5.32 Å². The number of carbonyl (C=O) groups excluding carboxylic acids is 1. The van der Waals surface area contributed by atoms with Gasteiger partial charge in [0.05, 0.1) is 6.61 Å². The van der Waals surface area contributed by atoms with Crippen molar-refractivity contribution in [3.8, 4) is 0 Å². The molecule has 0 radical (unpaired) electrons. The number of hydrogen-bond acceptors (Lipinski definition) is 3. The van der Waals surface area contributed by atoms with Crippen molar-refractivity contribution in [3.63, 3.8) is 0 Å². The van der Waals surface area contributed by atoms with E-state index in [-0.39, 0.29) is 12.0 Å². The first-order valence-electron chi connectivity index (χ1n) is 6.28. The van der Waals surface area contributed by atoms with Gasteiger partial charge in [0.25, 0.3) is 0 Å². The third kappa shape index (κ3) is 3.76. The van der Waals surface area contributed by atoms with Crippen LogP contribution in [0.3, 0.4) is 0 Å². The number of likely N-dealkylation sites (N-methyl/N-ethyl adjacent to an activating group) is 1. The van der Waals surface area contributed by atoms with Crippen molar-refractivity contribution in [1.82, 2.24) is 5.32 Å². The van der Waals surface area contributed by atoms with Crippen LogP contribution in [0.4, 0.5) is 0 Å². The standard InChI is InChI=1S/C12H24N2O2/c1-3-14-12(15)9(2)16-8-11-6-4-5-10(11)7-13/h9-11H,3-8,13H2,1-2H3,(H,14,15). The molecule has 1 rings (SSSR count). The molecule has 0 aliphatic heterocycles. The molecule has 0 aromatic heterocycles. The van der Waals surface area contributed by atoms with Gasteiger partial charge in [-0.3, -0.25) is 4.79 Å². The SMILES string of the molecule is CCNC(=O)C(C)OCC1CCCC1CN. The minimum Gasteiger partial charge on any atom is -0.368 e. The molecule has 4 heteroatoms. The number of ether oxygens (including phenoxy) is 1. The van der Waals surface area contributed by atoms with Gasteiger partial charge in [-0.05, 0) is 45.1 Å². The van der Waals surface area contributed by atoms with Gasteiger partial charge in [0.1, 0.15) is 6.10 Å². The number of nitrogens with one attached hydrogen (secondary N) is 1. The van der Waals surface area contributed by atoms with Crippen molar-refractivity contribution in [2.75, 3.05) is 19.7 Å². The largest absolute Gasteiger partial charge is 0.368 e. The summed E-state index contributed by atoms with van der Waals surface area (Å²) in [7, 11) is 0. The molecule has 3 atom stereocenters. The van der Waals surface area contributed by atoms with E-state index >= 15 is 0 Å². The van der Waals surface area contributed by atoms with E-state index in [0.29, 0.717) is 25.0 Å². The van der Waals surface area contributed by atoms with Crippen LogP contribution in [-0.4, -0.2) is 31.7 Å². The molecule has 1 saturated carbocycles. The van der Waals surface area contributed by atoms with Crippen LogP contribution in [0.1, 0.15) is 33.1 Å². The lowest BCUT2D eigenvalue weighted by Gasteiger charge is -2.20. The quantitative estimate of drug-likeness (QED) is 0.710. The van der Waals surface area contributed by atoms with Crippen LogP contribution in [-0.2, 0) is 9.53 Å². The number of rotatable bonds is 6. The molecular formula is C12H24N2O2. The number of amides is 1. The highest BCUT2D eigenvalue weighted by Gasteiger charge is 2.27. The minimum absolute atomic E-state index is 0.0233.